The largest absolute Gasteiger partial charge is 0.508 e. The lowest BCUT2D eigenvalue weighted by molar-refractivity contribution is -0.120. The number of nitrogen functional groups attached to an aromatic ring is 1. The Morgan fingerprint density at radius 1 is 1.39 bits per heavy atom. The zero-order valence-electron chi connectivity index (χ0n) is 9.85. The topological polar surface area (TPSA) is 95.7 Å². The second kappa shape index (κ2) is 4.95. The molecule has 0 saturated carbocycles. The van der Waals surface area contributed by atoms with E-state index in [1.54, 1.807) is 4.90 Å². The standard InChI is InChI=1S/C12H15N3O3/c13-10-2-1-8(16)7-9(10)12(18)15-5-3-11(17)14-4-6-15/h1-2,7,16H,3-6,13H2,(H,14,17). The molecular formula is C12H15N3O3. The number of phenolic OH excluding ortho intramolecular Hbond substituents is 1. The molecule has 18 heavy (non-hydrogen) atoms. The number of benzene rings is 1. The average Bonchev–Trinajstić information content (AvgIpc) is 2.56. The third-order valence-electron chi connectivity index (χ3n) is 2.87. The van der Waals surface area contributed by atoms with Crippen molar-refractivity contribution in [1.82, 2.24) is 10.2 Å². The summed E-state index contributed by atoms with van der Waals surface area (Å²) in [6.45, 7) is 1.24. The number of carbonyl (C=O) groups is 2. The van der Waals surface area contributed by atoms with Crippen molar-refractivity contribution in [3.63, 3.8) is 0 Å². The molecule has 1 aliphatic rings. The van der Waals surface area contributed by atoms with Gasteiger partial charge in [-0.25, -0.2) is 0 Å². The van der Waals surface area contributed by atoms with E-state index in [0.29, 0.717) is 25.3 Å². The zero-order chi connectivity index (χ0) is 13.1. The van der Waals surface area contributed by atoms with Gasteiger partial charge in [0.05, 0.1) is 5.56 Å². The molecule has 0 aliphatic carbocycles. The Balaban J connectivity index is 2.19. The second-order valence-electron chi connectivity index (χ2n) is 4.16. The minimum atomic E-state index is -0.264. The number of nitrogens with two attached hydrogens (primary N) is 1. The maximum Gasteiger partial charge on any atom is 0.256 e. The summed E-state index contributed by atoms with van der Waals surface area (Å²) in [5.74, 6) is -0.328. The first kappa shape index (κ1) is 12.2. The normalized spacial score (nSPS) is 16.0. The van der Waals surface area contributed by atoms with Crippen molar-refractivity contribution >= 4 is 17.5 Å². The van der Waals surface area contributed by atoms with Crippen molar-refractivity contribution in [2.24, 2.45) is 0 Å². The minimum Gasteiger partial charge on any atom is -0.508 e. The molecule has 1 heterocycles. The summed E-state index contributed by atoms with van der Waals surface area (Å²) in [4.78, 5) is 25.0. The number of anilines is 1. The highest BCUT2D eigenvalue weighted by atomic mass is 16.3. The first-order valence-corrected chi connectivity index (χ1v) is 5.72. The van der Waals surface area contributed by atoms with Crippen molar-refractivity contribution in [2.45, 2.75) is 6.42 Å². The molecule has 0 aromatic heterocycles. The van der Waals surface area contributed by atoms with Gasteiger partial charge < -0.3 is 21.1 Å². The minimum absolute atomic E-state index is 0.00317. The van der Waals surface area contributed by atoms with Gasteiger partial charge in [0.1, 0.15) is 5.75 Å². The van der Waals surface area contributed by atoms with Gasteiger partial charge in [0, 0.05) is 31.7 Å². The number of hydrogen-bond donors (Lipinski definition) is 3. The lowest BCUT2D eigenvalue weighted by Crippen LogP contribution is -2.34. The van der Waals surface area contributed by atoms with Crippen molar-refractivity contribution in [3.05, 3.63) is 23.8 Å². The Morgan fingerprint density at radius 2 is 2.17 bits per heavy atom. The van der Waals surface area contributed by atoms with Gasteiger partial charge in [-0.15, -0.1) is 0 Å². The van der Waals surface area contributed by atoms with E-state index in [2.05, 4.69) is 5.32 Å². The molecule has 0 bridgehead atoms. The summed E-state index contributed by atoms with van der Waals surface area (Å²) >= 11 is 0. The first-order chi connectivity index (χ1) is 8.58. The van der Waals surface area contributed by atoms with E-state index in [4.69, 9.17) is 5.73 Å². The molecule has 1 aromatic carbocycles. The Bertz CT molecular complexity index is 487. The van der Waals surface area contributed by atoms with Crippen LogP contribution in [0.2, 0.25) is 0 Å². The molecule has 2 amide bonds. The predicted molar refractivity (Wildman–Crippen MR) is 66.0 cm³/mol. The lowest BCUT2D eigenvalue weighted by atomic mass is 10.1. The van der Waals surface area contributed by atoms with E-state index >= 15 is 0 Å². The van der Waals surface area contributed by atoms with Crippen LogP contribution < -0.4 is 11.1 Å². The van der Waals surface area contributed by atoms with Crippen LogP contribution in [0.3, 0.4) is 0 Å². The fourth-order valence-corrected chi connectivity index (χ4v) is 1.87. The zero-order valence-corrected chi connectivity index (χ0v) is 9.85. The molecule has 1 aromatic rings. The fourth-order valence-electron chi connectivity index (χ4n) is 1.87. The van der Waals surface area contributed by atoms with E-state index in [1.807, 2.05) is 0 Å². The summed E-state index contributed by atoms with van der Waals surface area (Å²) < 4.78 is 0. The van der Waals surface area contributed by atoms with Crippen LogP contribution in [-0.4, -0.2) is 41.5 Å². The average molecular weight is 249 g/mol. The van der Waals surface area contributed by atoms with Gasteiger partial charge >= 0.3 is 0 Å². The maximum atomic E-state index is 12.2. The van der Waals surface area contributed by atoms with Gasteiger partial charge in [-0.1, -0.05) is 0 Å². The number of nitrogens with one attached hydrogen (secondary N) is 1. The fraction of sp³-hybridized carbons (Fsp3) is 0.333. The maximum absolute atomic E-state index is 12.2. The van der Waals surface area contributed by atoms with Crippen LogP contribution in [-0.2, 0) is 4.79 Å². The number of hydrogen-bond acceptors (Lipinski definition) is 4. The number of phenols is 1. The van der Waals surface area contributed by atoms with Crippen LogP contribution in [0, 0.1) is 0 Å². The molecule has 4 N–H and O–H groups in total. The Kier molecular flexibility index (Phi) is 3.36. The van der Waals surface area contributed by atoms with Gasteiger partial charge in [0.25, 0.3) is 5.91 Å². The summed E-state index contributed by atoms with van der Waals surface area (Å²) in [5, 5.41) is 12.1. The molecule has 6 heteroatoms. The number of amides is 2. The monoisotopic (exact) mass is 249 g/mol. The molecule has 1 saturated heterocycles. The quantitative estimate of drug-likeness (QED) is 0.480. The summed E-state index contributed by atoms with van der Waals surface area (Å²) in [6.07, 6.45) is 0.282. The van der Waals surface area contributed by atoms with Crippen LogP contribution in [0.5, 0.6) is 5.75 Å². The summed E-state index contributed by atoms with van der Waals surface area (Å²) in [6, 6.07) is 4.27. The van der Waals surface area contributed by atoms with Crippen LogP contribution in [0.4, 0.5) is 5.69 Å². The first-order valence-electron chi connectivity index (χ1n) is 5.72. The summed E-state index contributed by atoms with van der Waals surface area (Å²) in [7, 11) is 0. The molecule has 1 fully saturated rings. The smallest absolute Gasteiger partial charge is 0.256 e. The van der Waals surface area contributed by atoms with Crippen LogP contribution in [0.15, 0.2) is 18.2 Å². The van der Waals surface area contributed by atoms with E-state index in [-0.39, 0.29) is 29.5 Å². The van der Waals surface area contributed by atoms with Crippen molar-refractivity contribution in [3.8, 4) is 5.75 Å². The number of aromatic hydroxyl groups is 1. The second-order valence-corrected chi connectivity index (χ2v) is 4.16. The highest BCUT2D eigenvalue weighted by Crippen LogP contribution is 2.20. The molecule has 0 spiro atoms. The van der Waals surface area contributed by atoms with Gasteiger partial charge in [-0.05, 0) is 18.2 Å². The van der Waals surface area contributed by atoms with Gasteiger partial charge in [-0.3, -0.25) is 9.59 Å². The van der Waals surface area contributed by atoms with E-state index in [1.165, 1.54) is 18.2 Å². The van der Waals surface area contributed by atoms with E-state index in [9.17, 15) is 14.7 Å². The Hall–Kier alpha value is -2.24. The van der Waals surface area contributed by atoms with Gasteiger partial charge in [0.15, 0.2) is 0 Å². The van der Waals surface area contributed by atoms with Crippen molar-refractivity contribution in [2.75, 3.05) is 25.4 Å². The number of nitrogens with zero attached hydrogens (tertiary/aromatic N) is 1. The van der Waals surface area contributed by atoms with E-state index in [0.717, 1.165) is 0 Å². The summed E-state index contributed by atoms with van der Waals surface area (Å²) in [5.41, 5.74) is 6.31. The van der Waals surface area contributed by atoms with Crippen LogP contribution >= 0.6 is 0 Å². The molecular weight excluding hydrogens is 234 g/mol. The molecule has 96 valence electrons. The molecule has 0 atom stereocenters. The molecule has 0 unspecified atom stereocenters. The van der Waals surface area contributed by atoms with Crippen LogP contribution in [0.25, 0.3) is 0 Å². The van der Waals surface area contributed by atoms with E-state index < -0.39 is 0 Å². The molecule has 6 nitrogen and oxygen atoms in total. The third kappa shape index (κ3) is 2.53. The Morgan fingerprint density at radius 3 is 2.94 bits per heavy atom. The van der Waals surface area contributed by atoms with Crippen molar-refractivity contribution in [1.29, 1.82) is 0 Å². The third-order valence-corrected chi connectivity index (χ3v) is 2.87. The predicted octanol–water partition coefficient (Wildman–Crippen LogP) is -0.0635. The Labute approximate surface area is 104 Å². The highest BCUT2D eigenvalue weighted by Gasteiger charge is 2.21. The van der Waals surface area contributed by atoms with Crippen LogP contribution in [0.1, 0.15) is 16.8 Å². The lowest BCUT2D eigenvalue weighted by Gasteiger charge is -2.20. The molecule has 2 rings (SSSR count). The van der Waals surface area contributed by atoms with Gasteiger partial charge in [-0.2, -0.15) is 0 Å². The SMILES string of the molecule is Nc1ccc(O)cc1C(=O)N1CCNC(=O)CC1. The number of rotatable bonds is 1. The number of carbonyl (C=O) groups excluding carboxylic acids is 2. The highest BCUT2D eigenvalue weighted by molar-refractivity contribution is 5.99. The molecule has 1 aliphatic heterocycles. The van der Waals surface area contributed by atoms with Gasteiger partial charge in [0.2, 0.25) is 5.91 Å². The molecule has 0 radical (unpaired) electrons. The van der Waals surface area contributed by atoms with Crippen molar-refractivity contribution < 1.29 is 14.7 Å².